The van der Waals surface area contributed by atoms with E-state index in [-0.39, 0.29) is 11.3 Å². The lowest BCUT2D eigenvalue weighted by molar-refractivity contribution is -0.140. The minimum atomic E-state index is -0.297. The summed E-state index contributed by atoms with van der Waals surface area (Å²) in [5.74, 6) is 0.205. The molecule has 1 saturated carbocycles. The van der Waals surface area contributed by atoms with Crippen LogP contribution in [0.5, 0.6) is 0 Å². The summed E-state index contributed by atoms with van der Waals surface area (Å²) in [4.78, 5) is 14.1. The van der Waals surface area contributed by atoms with E-state index in [0.717, 1.165) is 25.7 Å². The van der Waals surface area contributed by atoms with Gasteiger partial charge in [0.25, 0.3) is 0 Å². The molecule has 1 aliphatic carbocycles. The summed E-state index contributed by atoms with van der Waals surface area (Å²) in [5, 5.41) is 0. The van der Waals surface area contributed by atoms with Crippen LogP contribution in [0.3, 0.4) is 0 Å². The van der Waals surface area contributed by atoms with Crippen LogP contribution in [0.4, 0.5) is 0 Å². The fraction of sp³-hybridized carbons (Fsp3) is 0.769. The first kappa shape index (κ1) is 13.2. The molecule has 0 atom stereocenters. The minimum absolute atomic E-state index is 0.205. The predicted molar refractivity (Wildman–Crippen MR) is 67.0 cm³/mol. The van der Waals surface area contributed by atoms with E-state index in [0.29, 0.717) is 13.1 Å². The standard InChI is InChI=1S/C13H24N2O/c1-3-10-15(2)12(16)13(11-14)8-6-4-5-7-9-13/h3H,1,4-11,14H2,2H3. The van der Waals surface area contributed by atoms with Crippen LogP contribution in [-0.4, -0.2) is 30.9 Å². The number of nitrogens with zero attached hydrogens (tertiary/aromatic N) is 1. The van der Waals surface area contributed by atoms with Gasteiger partial charge in [-0.2, -0.15) is 0 Å². The average molecular weight is 224 g/mol. The Morgan fingerprint density at radius 2 is 1.94 bits per heavy atom. The Hall–Kier alpha value is -0.830. The highest BCUT2D eigenvalue weighted by atomic mass is 16.2. The van der Waals surface area contributed by atoms with Gasteiger partial charge in [-0.3, -0.25) is 4.79 Å². The maximum atomic E-state index is 12.4. The van der Waals surface area contributed by atoms with Crippen molar-refractivity contribution in [2.24, 2.45) is 11.1 Å². The fourth-order valence-corrected chi connectivity index (χ4v) is 2.59. The fourth-order valence-electron chi connectivity index (χ4n) is 2.59. The van der Waals surface area contributed by atoms with E-state index in [2.05, 4.69) is 6.58 Å². The lowest BCUT2D eigenvalue weighted by atomic mass is 9.79. The molecular weight excluding hydrogens is 200 g/mol. The molecule has 0 aromatic carbocycles. The monoisotopic (exact) mass is 224 g/mol. The molecule has 0 radical (unpaired) electrons. The van der Waals surface area contributed by atoms with E-state index < -0.39 is 0 Å². The van der Waals surface area contributed by atoms with Gasteiger partial charge in [0.1, 0.15) is 0 Å². The van der Waals surface area contributed by atoms with Crippen LogP contribution in [0, 0.1) is 5.41 Å². The molecule has 16 heavy (non-hydrogen) atoms. The quantitative estimate of drug-likeness (QED) is 0.586. The highest BCUT2D eigenvalue weighted by molar-refractivity contribution is 5.83. The number of carbonyl (C=O) groups excluding carboxylic acids is 1. The summed E-state index contributed by atoms with van der Waals surface area (Å²) in [6.45, 7) is 4.76. The maximum Gasteiger partial charge on any atom is 0.230 e. The van der Waals surface area contributed by atoms with E-state index in [4.69, 9.17) is 5.73 Å². The predicted octanol–water partition coefficient (Wildman–Crippen LogP) is 1.93. The lowest BCUT2D eigenvalue weighted by Gasteiger charge is -2.33. The molecule has 1 amide bonds. The smallest absolute Gasteiger partial charge is 0.230 e. The molecular formula is C13H24N2O. The molecule has 1 aliphatic rings. The number of amides is 1. The van der Waals surface area contributed by atoms with Crippen molar-refractivity contribution < 1.29 is 4.79 Å². The highest BCUT2D eigenvalue weighted by Crippen LogP contribution is 2.35. The maximum absolute atomic E-state index is 12.4. The Kier molecular flexibility index (Phi) is 5.00. The molecule has 0 aromatic rings. The van der Waals surface area contributed by atoms with Gasteiger partial charge < -0.3 is 10.6 Å². The van der Waals surface area contributed by atoms with Crippen molar-refractivity contribution in [1.82, 2.24) is 4.90 Å². The number of nitrogens with two attached hydrogens (primary N) is 1. The molecule has 3 heteroatoms. The van der Waals surface area contributed by atoms with Crippen molar-refractivity contribution in [2.75, 3.05) is 20.1 Å². The topological polar surface area (TPSA) is 46.3 Å². The normalized spacial score (nSPS) is 19.9. The Bertz CT molecular complexity index is 242. The molecule has 92 valence electrons. The van der Waals surface area contributed by atoms with Gasteiger partial charge in [0.05, 0.1) is 5.41 Å². The van der Waals surface area contributed by atoms with Crippen molar-refractivity contribution in [2.45, 2.75) is 38.5 Å². The summed E-state index contributed by atoms with van der Waals surface area (Å²) in [6, 6.07) is 0. The zero-order valence-corrected chi connectivity index (χ0v) is 10.4. The van der Waals surface area contributed by atoms with Crippen molar-refractivity contribution in [1.29, 1.82) is 0 Å². The zero-order chi connectivity index (χ0) is 12.0. The van der Waals surface area contributed by atoms with E-state index in [9.17, 15) is 4.79 Å². The third-order valence-electron chi connectivity index (χ3n) is 3.65. The van der Waals surface area contributed by atoms with Gasteiger partial charge in [-0.15, -0.1) is 6.58 Å². The highest BCUT2D eigenvalue weighted by Gasteiger charge is 2.38. The SMILES string of the molecule is C=CCN(C)C(=O)C1(CN)CCCCCC1. The minimum Gasteiger partial charge on any atom is -0.342 e. The zero-order valence-electron chi connectivity index (χ0n) is 10.4. The van der Waals surface area contributed by atoms with E-state index in [1.807, 2.05) is 7.05 Å². The van der Waals surface area contributed by atoms with Gasteiger partial charge in [0, 0.05) is 20.1 Å². The van der Waals surface area contributed by atoms with Gasteiger partial charge in [-0.25, -0.2) is 0 Å². The van der Waals surface area contributed by atoms with Crippen LogP contribution in [0.2, 0.25) is 0 Å². The van der Waals surface area contributed by atoms with Crippen molar-refractivity contribution in [3.63, 3.8) is 0 Å². The number of rotatable bonds is 4. The Labute approximate surface area is 98.7 Å². The van der Waals surface area contributed by atoms with Gasteiger partial charge in [0.2, 0.25) is 5.91 Å². The van der Waals surface area contributed by atoms with Gasteiger partial charge >= 0.3 is 0 Å². The Morgan fingerprint density at radius 3 is 2.38 bits per heavy atom. The van der Waals surface area contributed by atoms with E-state index in [1.54, 1.807) is 11.0 Å². The molecule has 0 bridgehead atoms. The summed E-state index contributed by atoms with van der Waals surface area (Å²) in [6.07, 6.45) is 8.39. The van der Waals surface area contributed by atoms with Crippen LogP contribution in [0.15, 0.2) is 12.7 Å². The number of carbonyl (C=O) groups is 1. The van der Waals surface area contributed by atoms with Crippen LogP contribution < -0.4 is 5.73 Å². The molecule has 0 aromatic heterocycles. The van der Waals surface area contributed by atoms with Gasteiger partial charge in [-0.1, -0.05) is 31.8 Å². The number of likely N-dealkylation sites (N-methyl/N-ethyl adjacent to an activating group) is 1. The second-order valence-corrected chi connectivity index (χ2v) is 4.87. The molecule has 0 saturated heterocycles. The molecule has 3 nitrogen and oxygen atoms in total. The largest absolute Gasteiger partial charge is 0.342 e. The molecule has 1 rings (SSSR count). The Balaban J connectivity index is 2.76. The van der Waals surface area contributed by atoms with Gasteiger partial charge in [0.15, 0.2) is 0 Å². The van der Waals surface area contributed by atoms with Crippen LogP contribution in [0.1, 0.15) is 38.5 Å². The molecule has 0 heterocycles. The average Bonchev–Trinajstić information content (AvgIpc) is 2.54. The third kappa shape index (κ3) is 2.85. The number of hydrogen-bond donors (Lipinski definition) is 1. The molecule has 0 spiro atoms. The molecule has 2 N–H and O–H groups in total. The third-order valence-corrected chi connectivity index (χ3v) is 3.65. The second-order valence-electron chi connectivity index (χ2n) is 4.87. The van der Waals surface area contributed by atoms with Crippen LogP contribution >= 0.6 is 0 Å². The summed E-state index contributed by atoms with van der Waals surface area (Å²) in [7, 11) is 1.84. The summed E-state index contributed by atoms with van der Waals surface area (Å²) >= 11 is 0. The van der Waals surface area contributed by atoms with E-state index >= 15 is 0 Å². The molecule has 0 unspecified atom stereocenters. The number of hydrogen-bond acceptors (Lipinski definition) is 2. The first-order valence-electron chi connectivity index (χ1n) is 6.23. The second kappa shape index (κ2) is 6.04. The first-order chi connectivity index (χ1) is 7.66. The molecule has 0 aliphatic heterocycles. The van der Waals surface area contributed by atoms with Crippen molar-refractivity contribution in [3.8, 4) is 0 Å². The van der Waals surface area contributed by atoms with E-state index in [1.165, 1.54) is 12.8 Å². The Morgan fingerprint density at radius 1 is 1.38 bits per heavy atom. The first-order valence-corrected chi connectivity index (χ1v) is 6.23. The summed E-state index contributed by atoms with van der Waals surface area (Å²) < 4.78 is 0. The lowest BCUT2D eigenvalue weighted by Crippen LogP contribution is -2.46. The van der Waals surface area contributed by atoms with Crippen LogP contribution in [0.25, 0.3) is 0 Å². The van der Waals surface area contributed by atoms with Crippen molar-refractivity contribution in [3.05, 3.63) is 12.7 Å². The van der Waals surface area contributed by atoms with Crippen molar-refractivity contribution >= 4 is 5.91 Å². The van der Waals surface area contributed by atoms with Crippen LogP contribution in [-0.2, 0) is 4.79 Å². The van der Waals surface area contributed by atoms with Gasteiger partial charge in [-0.05, 0) is 12.8 Å². The summed E-state index contributed by atoms with van der Waals surface area (Å²) in [5.41, 5.74) is 5.57. The molecule has 1 fully saturated rings.